The lowest BCUT2D eigenvalue weighted by molar-refractivity contribution is -0.118. The second-order valence-electron chi connectivity index (χ2n) is 5.44. The van der Waals surface area contributed by atoms with Crippen LogP contribution < -0.4 is 4.90 Å². The second-order valence-corrected chi connectivity index (χ2v) is 5.44. The monoisotopic (exact) mass is 273 g/mol. The van der Waals surface area contributed by atoms with Gasteiger partial charge in [-0.2, -0.15) is 10.2 Å². The third-order valence-electron chi connectivity index (χ3n) is 3.62. The van der Waals surface area contributed by atoms with Gasteiger partial charge in [0.25, 0.3) is 0 Å². The molecule has 6 heteroatoms. The largest absolute Gasteiger partial charge is 0.309 e. The molecule has 2 aromatic heterocycles. The fourth-order valence-corrected chi connectivity index (χ4v) is 2.53. The average Bonchev–Trinajstić information content (AvgIpc) is 3.05. The zero-order valence-electron chi connectivity index (χ0n) is 11.8. The van der Waals surface area contributed by atoms with Gasteiger partial charge in [-0.25, -0.2) is 0 Å². The van der Waals surface area contributed by atoms with Crippen LogP contribution in [0.1, 0.15) is 37.7 Å². The highest BCUT2D eigenvalue weighted by Crippen LogP contribution is 2.25. The number of hydrogen-bond acceptors (Lipinski definition) is 3. The number of aryl methyl sites for hydroxylation is 1. The summed E-state index contributed by atoms with van der Waals surface area (Å²) < 4.78 is 1.88. The maximum Gasteiger partial charge on any atom is 0.233 e. The third-order valence-corrected chi connectivity index (χ3v) is 3.62. The number of amides is 1. The van der Waals surface area contributed by atoms with Crippen LogP contribution in [0.3, 0.4) is 0 Å². The molecule has 20 heavy (non-hydrogen) atoms. The normalized spacial score (nSPS) is 14.7. The quantitative estimate of drug-likeness (QED) is 0.925. The number of aromatic nitrogens is 4. The number of hydrogen-bond donors (Lipinski definition) is 1. The number of carbonyl (C=O) groups excluding carboxylic acids is 1. The van der Waals surface area contributed by atoms with Gasteiger partial charge in [-0.15, -0.1) is 0 Å². The van der Waals surface area contributed by atoms with E-state index in [-0.39, 0.29) is 5.91 Å². The number of carbonyl (C=O) groups is 1. The molecule has 3 rings (SSSR count). The first kappa shape index (κ1) is 12.9. The maximum atomic E-state index is 12.4. The molecular weight excluding hydrogens is 254 g/mol. The first-order valence-corrected chi connectivity index (χ1v) is 7.02. The van der Waals surface area contributed by atoms with Crippen molar-refractivity contribution < 1.29 is 4.79 Å². The zero-order chi connectivity index (χ0) is 14.1. The van der Waals surface area contributed by atoms with Crippen molar-refractivity contribution in [3.05, 3.63) is 29.8 Å². The van der Waals surface area contributed by atoms with Gasteiger partial charge in [0.05, 0.1) is 29.7 Å². The fourth-order valence-electron chi connectivity index (χ4n) is 2.53. The number of nitrogens with one attached hydrogen (secondary N) is 1. The number of H-pyrrole nitrogens is 1. The summed E-state index contributed by atoms with van der Waals surface area (Å²) in [5.41, 5.74) is 2.79. The van der Waals surface area contributed by atoms with E-state index in [4.69, 9.17) is 0 Å². The van der Waals surface area contributed by atoms with Crippen molar-refractivity contribution in [3.8, 4) is 0 Å². The topological polar surface area (TPSA) is 66.8 Å². The van der Waals surface area contributed by atoms with Crippen molar-refractivity contribution >= 4 is 11.6 Å². The predicted molar refractivity (Wildman–Crippen MR) is 75.6 cm³/mol. The molecule has 1 aliphatic rings. The van der Waals surface area contributed by atoms with Crippen LogP contribution in [-0.4, -0.2) is 32.4 Å². The molecule has 0 aromatic carbocycles. The highest BCUT2D eigenvalue weighted by atomic mass is 16.2. The van der Waals surface area contributed by atoms with Gasteiger partial charge in [-0.3, -0.25) is 14.6 Å². The predicted octanol–water partition coefficient (Wildman–Crippen LogP) is 1.71. The van der Waals surface area contributed by atoms with Crippen molar-refractivity contribution in [1.29, 1.82) is 0 Å². The standard InChI is InChI=1S/C14H19N5O/c1-10(2)19-7-5-11(17-19)8-14(20)18-6-3-4-12-13(18)9-15-16-12/h5,7,9-10H,3-4,6,8H2,1-2H3,(H,15,16). The van der Waals surface area contributed by atoms with Crippen LogP contribution in [0.5, 0.6) is 0 Å². The Balaban J connectivity index is 1.74. The van der Waals surface area contributed by atoms with Crippen LogP contribution in [0, 0.1) is 0 Å². The van der Waals surface area contributed by atoms with Crippen LogP contribution in [0.25, 0.3) is 0 Å². The molecule has 0 spiro atoms. The van der Waals surface area contributed by atoms with Gasteiger partial charge in [0.15, 0.2) is 0 Å². The number of anilines is 1. The molecule has 0 radical (unpaired) electrons. The summed E-state index contributed by atoms with van der Waals surface area (Å²) >= 11 is 0. The Hall–Kier alpha value is -2.11. The molecule has 1 aliphatic heterocycles. The van der Waals surface area contributed by atoms with Crippen LogP contribution in [0.2, 0.25) is 0 Å². The summed E-state index contributed by atoms with van der Waals surface area (Å²) in [6.45, 7) is 4.90. The molecule has 0 atom stereocenters. The van der Waals surface area contributed by atoms with Gasteiger partial charge < -0.3 is 4.90 Å². The van der Waals surface area contributed by atoms with E-state index in [1.54, 1.807) is 6.20 Å². The molecule has 0 bridgehead atoms. The van der Waals surface area contributed by atoms with Crippen molar-refractivity contribution in [2.75, 3.05) is 11.4 Å². The van der Waals surface area contributed by atoms with Gasteiger partial charge in [0.2, 0.25) is 5.91 Å². The molecule has 6 nitrogen and oxygen atoms in total. The Morgan fingerprint density at radius 2 is 2.35 bits per heavy atom. The molecule has 2 aromatic rings. The first-order chi connectivity index (χ1) is 9.65. The number of fused-ring (bicyclic) bond motifs is 1. The number of aromatic amines is 1. The summed E-state index contributed by atoms with van der Waals surface area (Å²) in [7, 11) is 0. The minimum Gasteiger partial charge on any atom is -0.309 e. The molecule has 1 N–H and O–H groups in total. The molecule has 0 unspecified atom stereocenters. The Bertz CT molecular complexity index is 613. The van der Waals surface area contributed by atoms with Crippen molar-refractivity contribution in [3.63, 3.8) is 0 Å². The Kier molecular flexibility index (Phi) is 3.30. The summed E-state index contributed by atoms with van der Waals surface area (Å²) in [5, 5.41) is 11.4. The van der Waals surface area contributed by atoms with E-state index in [9.17, 15) is 4.79 Å². The van der Waals surface area contributed by atoms with Gasteiger partial charge >= 0.3 is 0 Å². The molecule has 0 saturated heterocycles. The van der Waals surface area contributed by atoms with E-state index in [1.165, 1.54) is 0 Å². The SMILES string of the molecule is CC(C)n1ccc(CC(=O)N2CCCc3[nH]ncc32)n1. The maximum absolute atomic E-state index is 12.4. The first-order valence-electron chi connectivity index (χ1n) is 7.02. The lowest BCUT2D eigenvalue weighted by Gasteiger charge is -2.26. The molecule has 3 heterocycles. The van der Waals surface area contributed by atoms with Crippen LogP contribution in [0.4, 0.5) is 5.69 Å². The average molecular weight is 273 g/mol. The fraction of sp³-hybridized carbons (Fsp3) is 0.500. The van der Waals surface area contributed by atoms with E-state index < -0.39 is 0 Å². The van der Waals surface area contributed by atoms with Gasteiger partial charge in [-0.05, 0) is 32.8 Å². The van der Waals surface area contributed by atoms with Crippen molar-refractivity contribution in [2.24, 2.45) is 0 Å². The van der Waals surface area contributed by atoms with E-state index >= 15 is 0 Å². The minimum absolute atomic E-state index is 0.0846. The summed E-state index contributed by atoms with van der Waals surface area (Å²) in [4.78, 5) is 14.3. The van der Waals surface area contributed by atoms with E-state index in [0.717, 1.165) is 36.5 Å². The zero-order valence-corrected chi connectivity index (χ0v) is 11.8. The summed E-state index contributed by atoms with van der Waals surface area (Å²) in [5.74, 6) is 0.0846. The lowest BCUT2D eigenvalue weighted by Crippen LogP contribution is -2.36. The van der Waals surface area contributed by atoms with E-state index in [2.05, 4.69) is 29.1 Å². The second kappa shape index (κ2) is 5.11. The van der Waals surface area contributed by atoms with Crippen LogP contribution in [-0.2, 0) is 17.6 Å². The molecule has 0 aliphatic carbocycles. The molecule has 106 valence electrons. The molecule has 1 amide bonds. The van der Waals surface area contributed by atoms with Crippen LogP contribution >= 0.6 is 0 Å². The molecule has 0 saturated carbocycles. The van der Waals surface area contributed by atoms with E-state index in [0.29, 0.717) is 12.5 Å². The number of nitrogens with zero attached hydrogens (tertiary/aromatic N) is 4. The van der Waals surface area contributed by atoms with Crippen LogP contribution in [0.15, 0.2) is 18.5 Å². The van der Waals surface area contributed by atoms with E-state index in [1.807, 2.05) is 21.8 Å². The van der Waals surface area contributed by atoms with Crippen molar-refractivity contribution in [2.45, 2.75) is 39.2 Å². The summed E-state index contributed by atoms with van der Waals surface area (Å²) in [6, 6.07) is 2.23. The Labute approximate surface area is 117 Å². The third kappa shape index (κ3) is 2.33. The smallest absolute Gasteiger partial charge is 0.233 e. The number of rotatable bonds is 3. The highest BCUT2D eigenvalue weighted by Gasteiger charge is 2.24. The Morgan fingerprint density at radius 3 is 3.10 bits per heavy atom. The Morgan fingerprint density at radius 1 is 1.50 bits per heavy atom. The molecular formula is C14H19N5O. The van der Waals surface area contributed by atoms with Crippen molar-refractivity contribution in [1.82, 2.24) is 20.0 Å². The van der Waals surface area contributed by atoms with Gasteiger partial charge in [-0.1, -0.05) is 0 Å². The lowest BCUT2D eigenvalue weighted by atomic mass is 10.1. The molecule has 0 fully saturated rings. The van der Waals surface area contributed by atoms with Gasteiger partial charge in [0, 0.05) is 18.8 Å². The highest BCUT2D eigenvalue weighted by molar-refractivity contribution is 5.95. The summed E-state index contributed by atoms with van der Waals surface area (Å²) in [6.07, 6.45) is 5.93. The minimum atomic E-state index is 0.0846. The van der Waals surface area contributed by atoms with Gasteiger partial charge in [0.1, 0.15) is 0 Å².